The number of amides is 2. The smallest absolute Gasteiger partial charge is 0.244 e. The van der Waals surface area contributed by atoms with Crippen molar-refractivity contribution in [1.82, 2.24) is 10.2 Å². The Bertz CT molecular complexity index is 1290. The summed E-state index contributed by atoms with van der Waals surface area (Å²) in [5.74, 6) is 0.337. The molecule has 0 saturated carbocycles. The number of hydrogen-bond acceptors (Lipinski definition) is 5. The molecule has 0 aromatic heterocycles. The first-order chi connectivity index (χ1) is 17.1. The Morgan fingerprint density at radius 2 is 1.50 bits per heavy atom. The number of rotatable bonds is 10. The van der Waals surface area contributed by atoms with Crippen molar-refractivity contribution in [2.24, 2.45) is 0 Å². The zero-order chi connectivity index (χ0) is 26.3. The number of sulfonamides is 1. The van der Waals surface area contributed by atoms with Crippen LogP contribution in [0.25, 0.3) is 0 Å². The Morgan fingerprint density at radius 3 is 2.08 bits per heavy atom. The van der Waals surface area contributed by atoms with Crippen LogP contribution in [0.2, 0.25) is 0 Å². The van der Waals surface area contributed by atoms with E-state index in [1.54, 1.807) is 31.2 Å². The highest BCUT2D eigenvalue weighted by Crippen LogP contribution is 2.26. The van der Waals surface area contributed by atoms with E-state index in [1.165, 1.54) is 11.9 Å². The molecule has 0 spiro atoms. The second kappa shape index (κ2) is 11.7. The molecule has 0 aliphatic rings. The monoisotopic (exact) mass is 509 g/mol. The van der Waals surface area contributed by atoms with E-state index >= 15 is 0 Å². The first kappa shape index (κ1) is 26.7. The van der Waals surface area contributed by atoms with E-state index in [0.717, 1.165) is 21.7 Å². The fraction of sp³-hybridized carbons (Fsp3) is 0.259. The number of hydrogen-bond donors (Lipinski definition) is 1. The van der Waals surface area contributed by atoms with Gasteiger partial charge in [-0.2, -0.15) is 0 Å². The Balaban J connectivity index is 1.86. The number of para-hydroxylation sites is 1. The normalized spacial score (nSPS) is 11.9. The number of carbonyl (C=O) groups excluding carboxylic acids is 2. The van der Waals surface area contributed by atoms with Crippen LogP contribution in [0.1, 0.15) is 18.1 Å². The molecule has 2 amide bonds. The molecule has 0 aliphatic carbocycles. The van der Waals surface area contributed by atoms with Crippen LogP contribution in [0, 0.1) is 6.92 Å². The van der Waals surface area contributed by atoms with Gasteiger partial charge in [0.1, 0.15) is 24.1 Å². The summed E-state index contributed by atoms with van der Waals surface area (Å²) in [6.45, 7) is 3.26. The molecule has 1 atom stereocenters. The molecule has 0 heterocycles. The number of ether oxygens (including phenoxy) is 1. The van der Waals surface area contributed by atoms with Crippen LogP contribution < -0.4 is 14.4 Å². The molecule has 1 N–H and O–H groups in total. The minimum Gasteiger partial charge on any atom is -0.457 e. The van der Waals surface area contributed by atoms with Crippen LogP contribution in [-0.2, 0) is 26.2 Å². The maximum Gasteiger partial charge on any atom is 0.244 e. The van der Waals surface area contributed by atoms with Gasteiger partial charge >= 0.3 is 0 Å². The molecule has 3 rings (SSSR count). The molecule has 36 heavy (non-hydrogen) atoms. The second-order valence-electron chi connectivity index (χ2n) is 8.42. The number of anilines is 1. The van der Waals surface area contributed by atoms with E-state index in [-0.39, 0.29) is 12.5 Å². The molecule has 8 nitrogen and oxygen atoms in total. The van der Waals surface area contributed by atoms with Crippen molar-refractivity contribution in [2.45, 2.75) is 26.4 Å². The van der Waals surface area contributed by atoms with Crippen LogP contribution >= 0.6 is 0 Å². The second-order valence-corrected chi connectivity index (χ2v) is 10.3. The van der Waals surface area contributed by atoms with E-state index < -0.39 is 28.5 Å². The zero-order valence-electron chi connectivity index (χ0n) is 20.8. The maximum atomic E-state index is 13.5. The standard InChI is InChI=1S/C27H31N3O5S/c1-20-10-8-9-11-22(20)18-29(21(2)27(32)28-3)26(31)19-30(36(4,33)34)23-14-16-25(17-15-23)35-24-12-6-5-7-13-24/h5-17,21H,18-19H2,1-4H3,(H,28,32). The van der Waals surface area contributed by atoms with Gasteiger partial charge in [-0.05, 0) is 61.4 Å². The third-order valence-corrected chi connectivity index (χ3v) is 6.94. The molecule has 0 aliphatic heterocycles. The molecule has 0 saturated heterocycles. The summed E-state index contributed by atoms with van der Waals surface area (Å²) in [5.41, 5.74) is 2.15. The molecule has 3 aromatic carbocycles. The molecular weight excluding hydrogens is 478 g/mol. The summed E-state index contributed by atoms with van der Waals surface area (Å²) < 4.78 is 32.2. The fourth-order valence-electron chi connectivity index (χ4n) is 3.68. The van der Waals surface area contributed by atoms with E-state index in [9.17, 15) is 18.0 Å². The lowest BCUT2D eigenvalue weighted by atomic mass is 10.1. The van der Waals surface area contributed by atoms with Crippen LogP contribution in [-0.4, -0.2) is 51.0 Å². The molecule has 1 unspecified atom stereocenters. The van der Waals surface area contributed by atoms with Crippen LogP contribution in [0.15, 0.2) is 78.9 Å². The summed E-state index contributed by atoms with van der Waals surface area (Å²) in [6, 6.07) is 22.4. The average molecular weight is 510 g/mol. The minimum atomic E-state index is -3.81. The Hall–Kier alpha value is -3.85. The summed E-state index contributed by atoms with van der Waals surface area (Å²) in [6.07, 6.45) is 1.04. The van der Waals surface area contributed by atoms with Gasteiger partial charge in [0.15, 0.2) is 0 Å². The molecule has 0 radical (unpaired) electrons. The van der Waals surface area contributed by atoms with Gasteiger partial charge in [0.2, 0.25) is 21.8 Å². The van der Waals surface area contributed by atoms with E-state index in [0.29, 0.717) is 17.2 Å². The van der Waals surface area contributed by atoms with Crippen LogP contribution in [0.3, 0.4) is 0 Å². The SMILES string of the molecule is CNC(=O)C(C)N(Cc1ccccc1C)C(=O)CN(c1ccc(Oc2ccccc2)cc1)S(C)(=O)=O. The van der Waals surface area contributed by atoms with Crippen molar-refractivity contribution in [2.75, 3.05) is 24.2 Å². The van der Waals surface area contributed by atoms with Crippen molar-refractivity contribution in [3.05, 3.63) is 90.0 Å². The van der Waals surface area contributed by atoms with Gasteiger partial charge in [0.05, 0.1) is 11.9 Å². The van der Waals surface area contributed by atoms with Crippen molar-refractivity contribution < 1.29 is 22.7 Å². The summed E-state index contributed by atoms with van der Waals surface area (Å²) >= 11 is 0. The van der Waals surface area contributed by atoms with Crippen LogP contribution in [0.5, 0.6) is 11.5 Å². The molecule has 0 fully saturated rings. The summed E-state index contributed by atoms with van der Waals surface area (Å²) in [5, 5.41) is 2.56. The molecular formula is C27H31N3O5S. The van der Waals surface area contributed by atoms with Gasteiger partial charge in [-0.25, -0.2) is 8.42 Å². The third kappa shape index (κ3) is 6.85. The van der Waals surface area contributed by atoms with E-state index in [1.807, 2.05) is 61.5 Å². The number of likely N-dealkylation sites (N-methyl/N-ethyl adjacent to an activating group) is 1. The maximum absolute atomic E-state index is 13.5. The largest absolute Gasteiger partial charge is 0.457 e. The van der Waals surface area contributed by atoms with Crippen molar-refractivity contribution >= 4 is 27.5 Å². The van der Waals surface area contributed by atoms with Crippen molar-refractivity contribution in [3.63, 3.8) is 0 Å². The lowest BCUT2D eigenvalue weighted by Gasteiger charge is -2.31. The zero-order valence-corrected chi connectivity index (χ0v) is 21.7. The Kier molecular flexibility index (Phi) is 8.71. The predicted octanol–water partition coefficient (Wildman–Crippen LogP) is 3.72. The quantitative estimate of drug-likeness (QED) is 0.450. The number of carbonyl (C=O) groups is 2. The lowest BCUT2D eigenvalue weighted by molar-refractivity contribution is -0.139. The lowest BCUT2D eigenvalue weighted by Crippen LogP contribution is -2.50. The van der Waals surface area contributed by atoms with Gasteiger partial charge in [-0.3, -0.25) is 13.9 Å². The number of nitrogens with one attached hydrogen (secondary N) is 1. The third-order valence-electron chi connectivity index (χ3n) is 5.80. The number of aryl methyl sites for hydroxylation is 1. The molecule has 3 aromatic rings. The van der Waals surface area contributed by atoms with Gasteiger partial charge in [0, 0.05) is 13.6 Å². The summed E-state index contributed by atoms with van der Waals surface area (Å²) in [4.78, 5) is 27.3. The molecule has 190 valence electrons. The Morgan fingerprint density at radius 1 is 0.917 bits per heavy atom. The van der Waals surface area contributed by atoms with Crippen molar-refractivity contribution in [1.29, 1.82) is 0 Å². The highest BCUT2D eigenvalue weighted by atomic mass is 32.2. The first-order valence-electron chi connectivity index (χ1n) is 11.5. The minimum absolute atomic E-state index is 0.168. The molecule has 0 bridgehead atoms. The topological polar surface area (TPSA) is 96.0 Å². The fourth-order valence-corrected chi connectivity index (χ4v) is 4.53. The van der Waals surface area contributed by atoms with Gasteiger partial charge < -0.3 is 15.0 Å². The average Bonchev–Trinajstić information content (AvgIpc) is 2.86. The Labute approximate surface area is 212 Å². The number of nitrogens with zero attached hydrogens (tertiary/aromatic N) is 2. The number of benzene rings is 3. The van der Waals surface area contributed by atoms with Crippen LogP contribution in [0.4, 0.5) is 5.69 Å². The summed E-state index contributed by atoms with van der Waals surface area (Å²) in [7, 11) is -2.31. The van der Waals surface area contributed by atoms with Gasteiger partial charge in [-0.1, -0.05) is 42.5 Å². The van der Waals surface area contributed by atoms with Gasteiger partial charge in [0.25, 0.3) is 0 Å². The van der Waals surface area contributed by atoms with E-state index in [2.05, 4.69) is 5.32 Å². The predicted molar refractivity (Wildman–Crippen MR) is 140 cm³/mol. The highest BCUT2D eigenvalue weighted by molar-refractivity contribution is 7.92. The first-order valence-corrected chi connectivity index (χ1v) is 13.3. The van der Waals surface area contributed by atoms with Gasteiger partial charge in [-0.15, -0.1) is 0 Å². The molecule has 9 heteroatoms. The highest BCUT2D eigenvalue weighted by Gasteiger charge is 2.30. The van der Waals surface area contributed by atoms with E-state index in [4.69, 9.17) is 4.74 Å². The van der Waals surface area contributed by atoms with Crippen molar-refractivity contribution in [3.8, 4) is 11.5 Å².